The summed E-state index contributed by atoms with van der Waals surface area (Å²) in [5.74, 6) is 0.880. The number of nitriles is 1. The largest absolute Gasteiger partial charge is 0.331 e. The number of nitrogens with zero attached hydrogens (tertiary/aromatic N) is 4. The molecule has 0 aromatic carbocycles. The Kier molecular flexibility index (Phi) is 2.69. The molecule has 0 aliphatic heterocycles. The summed E-state index contributed by atoms with van der Waals surface area (Å²) in [6, 6.07) is 5.96. The number of pyridine rings is 1. The second-order valence-corrected chi connectivity index (χ2v) is 3.60. The van der Waals surface area contributed by atoms with Gasteiger partial charge in [0.2, 0.25) is 0 Å². The van der Waals surface area contributed by atoms with Crippen LogP contribution in [0, 0.1) is 18.3 Å². The van der Waals surface area contributed by atoms with Gasteiger partial charge in [-0.3, -0.25) is 4.98 Å². The molecule has 16 heavy (non-hydrogen) atoms. The van der Waals surface area contributed by atoms with E-state index < -0.39 is 0 Å². The van der Waals surface area contributed by atoms with Gasteiger partial charge in [0, 0.05) is 30.7 Å². The van der Waals surface area contributed by atoms with E-state index in [0.29, 0.717) is 6.42 Å². The average Bonchev–Trinajstić information content (AvgIpc) is 2.59. The van der Waals surface area contributed by atoms with Crippen molar-refractivity contribution in [3.05, 3.63) is 35.9 Å². The minimum atomic E-state index is 0.352. The highest BCUT2D eigenvalue weighted by atomic mass is 15.1. The van der Waals surface area contributed by atoms with Gasteiger partial charge in [0.1, 0.15) is 5.82 Å². The van der Waals surface area contributed by atoms with Crippen LogP contribution in [0.2, 0.25) is 0 Å². The van der Waals surface area contributed by atoms with E-state index in [1.54, 1.807) is 12.4 Å². The molecule has 0 aliphatic rings. The first kappa shape index (κ1) is 10.4. The summed E-state index contributed by atoms with van der Waals surface area (Å²) in [6.45, 7) is 1.98. The molecule has 0 aliphatic carbocycles. The predicted molar refractivity (Wildman–Crippen MR) is 60.5 cm³/mol. The molecule has 0 bridgehead atoms. The third-order valence-corrected chi connectivity index (χ3v) is 2.66. The fraction of sp³-hybridized carbons (Fsp3) is 0.250. The first-order valence-corrected chi connectivity index (χ1v) is 5.03. The molecule has 0 spiro atoms. The van der Waals surface area contributed by atoms with Crippen molar-refractivity contribution in [1.82, 2.24) is 14.5 Å². The molecule has 0 N–H and O–H groups in total. The zero-order valence-corrected chi connectivity index (χ0v) is 9.31. The van der Waals surface area contributed by atoms with Gasteiger partial charge in [-0.2, -0.15) is 5.26 Å². The van der Waals surface area contributed by atoms with Gasteiger partial charge >= 0.3 is 0 Å². The number of hydrogen-bond donors (Lipinski definition) is 0. The maximum Gasteiger partial charge on any atom is 0.140 e. The molecular formula is C12H12N4. The molecular weight excluding hydrogens is 200 g/mol. The van der Waals surface area contributed by atoms with E-state index in [0.717, 1.165) is 22.8 Å². The zero-order valence-electron chi connectivity index (χ0n) is 9.31. The summed E-state index contributed by atoms with van der Waals surface area (Å²) in [6.07, 6.45) is 3.83. The van der Waals surface area contributed by atoms with Crippen molar-refractivity contribution in [2.45, 2.75) is 13.3 Å². The van der Waals surface area contributed by atoms with E-state index in [1.807, 2.05) is 30.7 Å². The van der Waals surface area contributed by atoms with E-state index >= 15 is 0 Å². The van der Waals surface area contributed by atoms with E-state index in [9.17, 15) is 0 Å². The molecule has 0 atom stereocenters. The van der Waals surface area contributed by atoms with Crippen LogP contribution in [-0.4, -0.2) is 14.5 Å². The minimum Gasteiger partial charge on any atom is -0.331 e. The van der Waals surface area contributed by atoms with Crippen molar-refractivity contribution in [1.29, 1.82) is 5.26 Å². The Bertz CT molecular complexity index is 534. The molecule has 2 aromatic heterocycles. The zero-order chi connectivity index (χ0) is 11.5. The monoisotopic (exact) mass is 212 g/mol. The Morgan fingerprint density at radius 1 is 1.38 bits per heavy atom. The van der Waals surface area contributed by atoms with Crippen LogP contribution in [-0.2, 0) is 13.5 Å². The third-order valence-electron chi connectivity index (χ3n) is 2.66. The fourth-order valence-electron chi connectivity index (χ4n) is 1.64. The standard InChI is InChI=1S/C12H12N4/c1-9-11(3-6-13)15-12(16(9)2)10-4-7-14-8-5-10/h4-5,7-8H,3H2,1-2H3. The molecule has 2 rings (SSSR count). The van der Waals surface area contributed by atoms with Gasteiger partial charge in [0.15, 0.2) is 0 Å². The lowest BCUT2D eigenvalue weighted by atomic mass is 10.2. The quantitative estimate of drug-likeness (QED) is 0.763. The average molecular weight is 212 g/mol. The number of hydrogen-bond acceptors (Lipinski definition) is 3. The van der Waals surface area contributed by atoms with Crippen LogP contribution < -0.4 is 0 Å². The first-order valence-electron chi connectivity index (χ1n) is 5.03. The van der Waals surface area contributed by atoms with Gasteiger partial charge in [-0.25, -0.2) is 4.98 Å². The molecule has 0 unspecified atom stereocenters. The van der Waals surface area contributed by atoms with E-state index in [4.69, 9.17) is 5.26 Å². The lowest BCUT2D eigenvalue weighted by molar-refractivity contribution is 0.879. The molecule has 0 saturated heterocycles. The summed E-state index contributed by atoms with van der Waals surface area (Å²) in [4.78, 5) is 8.46. The molecule has 0 fully saturated rings. The van der Waals surface area contributed by atoms with Crippen LogP contribution in [0.25, 0.3) is 11.4 Å². The lowest BCUT2D eigenvalue weighted by Crippen LogP contribution is -1.95. The van der Waals surface area contributed by atoms with E-state index in [1.165, 1.54) is 0 Å². The van der Waals surface area contributed by atoms with Crippen molar-refractivity contribution in [2.75, 3.05) is 0 Å². The highest BCUT2D eigenvalue weighted by Gasteiger charge is 2.11. The van der Waals surface area contributed by atoms with Gasteiger partial charge < -0.3 is 4.57 Å². The van der Waals surface area contributed by atoms with Crippen LogP contribution >= 0.6 is 0 Å². The predicted octanol–water partition coefficient (Wildman–Crippen LogP) is 1.86. The van der Waals surface area contributed by atoms with Crippen LogP contribution in [0.3, 0.4) is 0 Å². The second-order valence-electron chi connectivity index (χ2n) is 3.60. The number of aromatic nitrogens is 3. The summed E-state index contributed by atoms with van der Waals surface area (Å²) in [5, 5.41) is 8.71. The Labute approximate surface area is 94.2 Å². The van der Waals surface area contributed by atoms with Gasteiger partial charge in [-0.15, -0.1) is 0 Å². The van der Waals surface area contributed by atoms with Gasteiger partial charge in [0.25, 0.3) is 0 Å². The summed E-state index contributed by atoms with van der Waals surface area (Å²) < 4.78 is 2.00. The molecule has 80 valence electrons. The Hall–Kier alpha value is -2.15. The van der Waals surface area contributed by atoms with Crippen molar-refractivity contribution >= 4 is 0 Å². The van der Waals surface area contributed by atoms with Crippen LogP contribution in [0.15, 0.2) is 24.5 Å². The maximum absolute atomic E-state index is 8.71. The van der Waals surface area contributed by atoms with Crippen LogP contribution in [0.1, 0.15) is 11.4 Å². The molecule has 0 saturated carbocycles. The molecule has 2 aromatic rings. The molecule has 0 amide bonds. The molecule has 4 heteroatoms. The van der Waals surface area contributed by atoms with Crippen molar-refractivity contribution in [3.63, 3.8) is 0 Å². The Morgan fingerprint density at radius 3 is 2.69 bits per heavy atom. The Morgan fingerprint density at radius 2 is 2.06 bits per heavy atom. The SMILES string of the molecule is Cc1c(CC#N)nc(-c2ccncc2)n1C. The van der Waals surface area contributed by atoms with Crippen molar-refractivity contribution in [3.8, 4) is 17.5 Å². The summed E-state index contributed by atoms with van der Waals surface area (Å²) >= 11 is 0. The normalized spacial score (nSPS) is 10.1. The van der Waals surface area contributed by atoms with Crippen LogP contribution in [0.5, 0.6) is 0 Å². The molecule has 4 nitrogen and oxygen atoms in total. The molecule has 0 radical (unpaired) electrons. The van der Waals surface area contributed by atoms with Gasteiger partial charge in [-0.05, 0) is 19.1 Å². The smallest absolute Gasteiger partial charge is 0.140 e. The maximum atomic E-state index is 8.71. The number of rotatable bonds is 2. The van der Waals surface area contributed by atoms with Crippen LogP contribution in [0.4, 0.5) is 0 Å². The highest BCUT2D eigenvalue weighted by molar-refractivity contribution is 5.56. The van der Waals surface area contributed by atoms with Crippen molar-refractivity contribution < 1.29 is 0 Å². The van der Waals surface area contributed by atoms with Gasteiger partial charge in [-0.1, -0.05) is 0 Å². The molecule has 2 heterocycles. The van der Waals surface area contributed by atoms with E-state index in [2.05, 4.69) is 16.0 Å². The summed E-state index contributed by atoms with van der Waals surface area (Å²) in [5.41, 5.74) is 2.90. The van der Waals surface area contributed by atoms with Gasteiger partial charge in [0.05, 0.1) is 18.2 Å². The third kappa shape index (κ3) is 1.68. The fourth-order valence-corrected chi connectivity index (χ4v) is 1.64. The number of imidazole rings is 1. The highest BCUT2D eigenvalue weighted by Crippen LogP contribution is 2.20. The van der Waals surface area contributed by atoms with E-state index in [-0.39, 0.29) is 0 Å². The lowest BCUT2D eigenvalue weighted by Gasteiger charge is -2.01. The second kappa shape index (κ2) is 4.15. The first-order chi connectivity index (χ1) is 7.74. The van der Waals surface area contributed by atoms with Crippen molar-refractivity contribution in [2.24, 2.45) is 7.05 Å². The Balaban J connectivity index is 2.52. The minimum absolute atomic E-state index is 0.352. The topological polar surface area (TPSA) is 54.5 Å². The summed E-state index contributed by atoms with van der Waals surface area (Å²) in [7, 11) is 1.96.